The Morgan fingerprint density at radius 1 is 1.29 bits per heavy atom. The summed E-state index contributed by atoms with van der Waals surface area (Å²) in [5.41, 5.74) is 9.55. The number of rotatable bonds is 7. The summed E-state index contributed by atoms with van der Waals surface area (Å²) < 4.78 is 6.35. The number of nitrogens with zero attached hydrogens (tertiary/aromatic N) is 2. The van der Waals surface area contributed by atoms with Crippen LogP contribution in [-0.4, -0.2) is 66.8 Å². The second kappa shape index (κ2) is 9.96. The topological polar surface area (TPSA) is 128 Å². The Kier molecular flexibility index (Phi) is 7.01. The highest BCUT2D eigenvalue weighted by Gasteiger charge is 2.27. The Balaban J connectivity index is 1.49. The molecule has 1 atom stereocenters. The first-order valence-corrected chi connectivity index (χ1v) is 12.1. The average molecular weight is 483 g/mol. The molecule has 2 amide bonds. The molecule has 1 saturated heterocycles. The number of morpholine rings is 1. The number of ether oxygens (including phenoxy) is 1. The predicted molar refractivity (Wildman–Crippen MR) is 137 cm³/mol. The molecule has 0 radical (unpaired) electrons. The van der Waals surface area contributed by atoms with Crippen LogP contribution in [0.5, 0.6) is 0 Å². The Bertz CT molecular complexity index is 1200. The first-order chi connectivity index (χ1) is 16.3. The third-order valence-corrected chi connectivity index (χ3v) is 7.26. The van der Waals surface area contributed by atoms with Crippen molar-refractivity contribution in [2.75, 3.05) is 49.3 Å². The zero-order valence-electron chi connectivity index (χ0n) is 19.6. The number of H-pyrrole nitrogens is 1. The minimum atomic E-state index is -0.217. The molecule has 1 aromatic carbocycles. The average Bonchev–Trinajstić information content (AvgIpc) is 3.42. The molecule has 1 aliphatic rings. The van der Waals surface area contributed by atoms with Crippen molar-refractivity contribution in [3.05, 3.63) is 41.6 Å². The zero-order chi connectivity index (χ0) is 24.4. The van der Waals surface area contributed by atoms with Crippen LogP contribution in [-0.2, 0) is 14.3 Å². The molecule has 2 aromatic heterocycles. The maximum Gasteiger partial charge on any atom is 0.244 e. The fourth-order valence-electron chi connectivity index (χ4n) is 3.98. The van der Waals surface area contributed by atoms with Gasteiger partial charge in [-0.05, 0) is 37.3 Å². The number of carbonyl (C=O) groups is 2. The van der Waals surface area contributed by atoms with E-state index in [1.54, 1.807) is 37.1 Å². The quantitative estimate of drug-likeness (QED) is 0.304. The number of carbonyl (C=O) groups excluding carboxylic acids is 2. The summed E-state index contributed by atoms with van der Waals surface area (Å²) in [6.45, 7) is 6.53. The van der Waals surface area contributed by atoms with E-state index in [1.807, 2.05) is 19.1 Å². The van der Waals surface area contributed by atoms with Gasteiger partial charge in [0.05, 0.1) is 40.9 Å². The molecule has 4 rings (SSSR count). The minimum absolute atomic E-state index is 0.0433. The number of hydrogen-bond donors (Lipinski definition) is 4. The summed E-state index contributed by atoms with van der Waals surface area (Å²) in [6, 6.07) is 8.77. The first kappa shape index (κ1) is 23.9. The van der Waals surface area contributed by atoms with Crippen molar-refractivity contribution in [1.82, 2.24) is 9.88 Å². The Morgan fingerprint density at radius 3 is 2.68 bits per heavy atom. The van der Waals surface area contributed by atoms with Gasteiger partial charge in [-0.1, -0.05) is 6.92 Å². The highest BCUT2D eigenvalue weighted by Crippen LogP contribution is 2.34. The summed E-state index contributed by atoms with van der Waals surface area (Å²) in [5, 5.41) is 12.3. The van der Waals surface area contributed by atoms with E-state index < -0.39 is 0 Å². The van der Waals surface area contributed by atoms with E-state index in [1.165, 1.54) is 11.3 Å². The maximum absolute atomic E-state index is 13.0. The Labute approximate surface area is 202 Å². The number of aromatic nitrogens is 1. The minimum Gasteiger partial charge on any atom is -0.398 e. The van der Waals surface area contributed by atoms with Gasteiger partial charge in [0.25, 0.3) is 0 Å². The maximum atomic E-state index is 13.0. The van der Waals surface area contributed by atoms with Crippen LogP contribution in [0.2, 0.25) is 0 Å². The van der Waals surface area contributed by atoms with Crippen molar-refractivity contribution in [2.24, 2.45) is 0 Å². The van der Waals surface area contributed by atoms with Gasteiger partial charge in [0.1, 0.15) is 5.00 Å². The van der Waals surface area contributed by atoms with Gasteiger partial charge in [0.15, 0.2) is 0 Å². The zero-order valence-corrected chi connectivity index (χ0v) is 20.4. The van der Waals surface area contributed by atoms with Gasteiger partial charge in [-0.15, -0.1) is 11.3 Å². The molecule has 3 heterocycles. The lowest BCUT2D eigenvalue weighted by molar-refractivity contribution is -0.124. The lowest BCUT2D eigenvalue weighted by Crippen LogP contribution is -2.50. The van der Waals surface area contributed by atoms with E-state index in [4.69, 9.17) is 15.9 Å². The molecule has 5 N–H and O–H groups in total. The lowest BCUT2D eigenvalue weighted by atomic mass is 10.0. The van der Waals surface area contributed by atoms with E-state index >= 15 is 0 Å². The molecule has 0 spiro atoms. The van der Waals surface area contributed by atoms with Crippen LogP contribution in [0, 0.1) is 5.41 Å². The molecular formula is C24H30N6O3S. The normalized spacial score (nSPS) is 15.3. The van der Waals surface area contributed by atoms with E-state index in [-0.39, 0.29) is 23.6 Å². The highest BCUT2D eigenvalue weighted by molar-refractivity contribution is 7.23. The molecule has 180 valence electrons. The van der Waals surface area contributed by atoms with Crippen LogP contribution in [0.25, 0.3) is 10.2 Å². The number of amides is 2. The number of nitrogens with two attached hydrogens (primary N) is 1. The SMILES string of the molecule is CCC(=O)Nc1ccc(C(=N)c2cc3sc(N(C)C(=O)[C@H](C)N4CCOCC4)cc3[nH]2)c(N)c1. The first-order valence-electron chi connectivity index (χ1n) is 11.3. The Morgan fingerprint density at radius 2 is 2.03 bits per heavy atom. The molecule has 9 nitrogen and oxygen atoms in total. The number of benzene rings is 1. The van der Waals surface area contributed by atoms with Crippen molar-refractivity contribution in [3.8, 4) is 0 Å². The van der Waals surface area contributed by atoms with Crippen molar-refractivity contribution in [3.63, 3.8) is 0 Å². The van der Waals surface area contributed by atoms with E-state index in [0.717, 1.165) is 28.3 Å². The molecule has 10 heteroatoms. The smallest absolute Gasteiger partial charge is 0.244 e. The number of nitrogen functional groups attached to an aromatic ring is 1. The summed E-state index contributed by atoms with van der Waals surface area (Å²) in [6.07, 6.45) is 0.381. The van der Waals surface area contributed by atoms with E-state index in [2.05, 4.69) is 15.2 Å². The molecule has 0 bridgehead atoms. The fourth-order valence-corrected chi connectivity index (χ4v) is 5.01. The molecule has 0 unspecified atom stereocenters. The van der Waals surface area contributed by atoms with Crippen LogP contribution in [0.15, 0.2) is 30.3 Å². The number of nitrogens with one attached hydrogen (secondary N) is 3. The van der Waals surface area contributed by atoms with Crippen LogP contribution < -0.4 is 16.0 Å². The molecule has 1 fully saturated rings. The lowest BCUT2D eigenvalue weighted by Gasteiger charge is -2.33. The summed E-state index contributed by atoms with van der Waals surface area (Å²) >= 11 is 1.50. The van der Waals surface area contributed by atoms with Crippen LogP contribution >= 0.6 is 11.3 Å². The second-order valence-electron chi connectivity index (χ2n) is 8.35. The summed E-state index contributed by atoms with van der Waals surface area (Å²) in [4.78, 5) is 31.7. The number of aromatic amines is 1. The van der Waals surface area contributed by atoms with Gasteiger partial charge in [0.2, 0.25) is 11.8 Å². The number of thiophene rings is 1. The number of hydrogen-bond acceptors (Lipinski definition) is 7. The number of anilines is 3. The van der Waals surface area contributed by atoms with Crippen molar-refractivity contribution in [1.29, 1.82) is 5.41 Å². The van der Waals surface area contributed by atoms with Crippen molar-refractivity contribution >= 4 is 55.5 Å². The molecule has 3 aromatic rings. The van der Waals surface area contributed by atoms with Gasteiger partial charge in [-0.3, -0.25) is 19.9 Å². The number of fused-ring (bicyclic) bond motifs is 1. The van der Waals surface area contributed by atoms with Gasteiger partial charge in [-0.2, -0.15) is 0 Å². The monoisotopic (exact) mass is 482 g/mol. The molecule has 0 saturated carbocycles. The fraction of sp³-hybridized carbons (Fsp3) is 0.375. The van der Waals surface area contributed by atoms with Crippen LogP contribution in [0.1, 0.15) is 31.5 Å². The van der Waals surface area contributed by atoms with Gasteiger partial charge in [0, 0.05) is 43.5 Å². The van der Waals surface area contributed by atoms with E-state index in [0.29, 0.717) is 42.3 Å². The highest BCUT2D eigenvalue weighted by atomic mass is 32.1. The molecule has 1 aliphatic heterocycles. The van der Waals surface area contributed by atoms with E-state index in [9.17, 15) is 9.59 Å². The summed E-state index contributed by atoms with van der Waals surface area (Å²) in [7, 11) is 1.80. The predicted octanol–water partition coefficient (Wildman–Crippen LogP) is 3.26. The largest absolute Gasteiger partial charge is 0.398 e. The summed E-state index contributed by atoms with van der Waals surface area (Å²) in [5.74, 6) is -0.0489. The number of likely N-dealkylation sites (N-methyl/N-ethyl adjacent to an activating group) is 1. The van der Waals surface area contributed by atoms with Gasteiger partial charge >= 0.3 is 0 Å². The third kappa shape index (κ3) is 4.84. The molecule has 0 aliphatic carbocycles. The van der Waals surface area contributed by atoms with Crippen LogP contribution in [0.4, 0.5) is 16.4 Å². The second-order valence-corrected chi connectivity index (χ2v) is 9.41. The van der Waals surface area contributed by atoms with Crippen molar-refractivity contribution < 1.29 is 14.3 Å². The van der Waals surface area contributed by atoms with Crippen molar-refractivity contribution in [2.45, 2.75) is 26.3 Å². The standard InChI is InChI=1S/C24H30N6O3S/c1-4-21(31)27-15-5-6-16(17(25)11-15)23(26)19-12-20-18(28-19)13-22(34-20)29(3)24(32)14(2)30-7-9-33-10-8-30/h5-6,11-14,26,28H,4,7-10,25H2,1-3H3,(H,27,31)/t14-/m0/s1. The van der Waals surface area contributed by atoms with Gasteiger partial charge in [-0.25, -0.2) is 0 Å². The Hall–Kier alpha value is -3.21. The van der Waals surface area contributed by atoms with Crippen LogP contribution in [0.3, 0.4) is 0 Å². The van der Waals surface area contributed by atoms with Gasteiger partial charge < -0.3 is 25.7 Å². The third-order valence-electron chi connectivity index (χ3n) is 6.10. The molecule has 34 heavy (non-hydrogen) atoms. The molecular weight excluding hydrogens is 452 g/mol.